The lowest BCUT2D eigenvalue weighted by atomic mass is 10.1. The van der Waals surface area contributed by atoms with Crippen molar-refractivity contribution in [3.05, 3.63) is 94.9 Å². The van der Waals surface area contributed by atoms with Crippen LogP contribution in [0.5, 0.6) is 5.75 Å². The molecule has 0 fully saturated rings. The van der Waals surface area contributed by atoms with Gasteiger partial charge in [-0.25, -0.2) is 4.98 Å². The van der Waals surface area contributed by atoms with Gasteiger partial charge in [0, 0.05) is 37.7 Å². The zero-order valence-corrected chi connectivity index (χ0v) is 18.3. The van der Waals surface area contributed by atoms with Gasteiger partial charge in [-0.3, -0.25) is 9.59 Å². The van der Waals surface area contributed by atoms with Crippen LogP contribution < -0.4 is 10.1 Å². The Balaban J connectivity index is 1.45. The maximum atomic E-state index is 12.7. The third kappa shape index (κ3) is 4.73. The van der Waals surface area contributed by atoms with Gasteiger partial charge in [0.2, 0.25) is 0 Å². The van der Waals surface area contributed by atoms with E-state index >= 15 is 0 Å². The van der Waals surface area contributed by atoms with Crippen LogP contribution >= 0.6 is 11.6 Å². The monoisotopic (exact) mass is 448 g/mol. The number of halogens is 1. The summed E-state index contributed by atoms with van der Waals surface area (Å²) >= 11 is 6.14. The molecule has 4 aromatic rings. The summed E-state index contributed by atoms with van der Waals surface area (Å²) in [5, 5.41) is 3.12. The first-order valence-corrected chi connectivity index (χ1v) is 10.3. The first-order chi connectivity index (χ1) is 15.4. The summed E-state index contributed by atoms with van der Waals surface area (Å²) < 4.78 is 7.75. The molecule has 4 rings (SSSR count). The Labute approximate surface area is 190 Å². The van der Waals surface area contributed by atoms with E-state index in [2.05, 4.69) is 10.3 Å². The van der Waals surface area contributed by atoms with Crippen LogP contribution in [0.25, 0.3) is 5.65 Å². The highest BCUT2D eigenvalue weighted by Crippen LogP contribution is 2.23. The maximum Gasteiger partial charge on any atom is 0.255 e. The molecule has 7 nitrogen and oxygen atoms in total. The molecule has 0 spiro atoms. The fourth-order valence-corrected chi connectivity index (χ4v) is 3.35. The fraction of sp³-hybridized carbons (Fsp3) is 0.125. The molecule has 0 aliphatic carbocycles. The van der Waals surface area contributed by atoms with E-state index in [1.807, 2.05) is 35.0 Å². The minimum absolute atomic E-state index is 0.242. The Morgan fingerprint density at radius 2 is 1.94 bits per heavy atom. The molecule has 0 bridgehead atoms. The van der Waals surface area contributed by atoms with Gasteiger partial charge in [-0.1, -0.05) is 23.7 Å². The molecule has 162 valence electrons. The molecule has 1 N–H and O–H groups in total. The first kappa shape index (κ1) is 21.4. The Hall–Kier alpha value is -3.84. The van der Waals surface area contributed by atoms with Gasteiger partial charge in [0.15, 0.2) is 0 Å². The normalized spacial score (nSPS) is 10.7. The van der Waals surface area contributed by atoms with E-state index in [4.69, 9.17) is 16.3 Å². The van der Waals surface area contributed by atoms with E-state index in [9.17, 15) is 9.59 Å². The van der Waals surface area contributed by atoms with Gasteiger partial charge >= 0.3 is 0 Å². The minimum Gasteiger partial charge on any atom is -0.487 e. The quantitative estimate of drug-likeness (QED) is 0.470. The molecular weight excluding hydrogens is 428 g/mol. The number of hydrogen-bond acceptors (Lipinski definition) is 4. The Morgan fingerprint density at radius 1 is 1.09 bits per heavy atom. The largest absolute Gasteiger partial charge is 0.487 e. The van der Waals surface area contributed by atoms with Gasteiger partial charge in [0.1, 0.15) is 18.0 Å². The van der Waals surface area contributed by atoms with Gasteiger partial charge in [0.25, 0.3) is 11.8 Å². The van der Waals surface area contributed by atoms with E-state index < -0.39 is 0 Å². The number of imidazole rings is 1. The number of carbonyl (C=O) groups is 2. The summed E-state index contributed by atoms with van der Waals surface area (Å²) in [5.74, 6) is -0.0171. The van der Waals surface area contributed by atoms with Gasteiger partial charge < -0.3 is 19.4 Å². The number of anilines is 1. The lowest BCUT2D eigenvalue weighted by Crippen LogP contribution is -2.22. The number of aromatic nitrogens is 2. The molecule has 32 heavy (non-hydrogen) atoms. The van der Waals surface area contributed by atoms with Gasteiger partial charge in [-0.2, -0.15) is 0 Å². The lowest BCUT2D eigenvalue weighted by molar-refractivity contribution is 0.0827. The number of nitrogens with zero attached hydrogens (tertiary/aromatic N) is 3. The van der Waals surface area contributed by atoms with Crippen molar-refractivity contribution in [3.63, 3.8) is 0 Å². The van der Waals surface area contributed by atoms with Gasteiger partial charge in [-0.15, -0.1) is 0 Å². The zero-order valence-electron chi connectivity index (χ0n) is 17.6. The summed E-state index contributed by atoms with van der Waals surface area (Å²) in [6, 6.07) is 17.5. The predicted molar refractivity (Wildman–Crippen MR) is 123 cm³/mol. The van der Waals surface area contributed by atoms with Crippen LogP contribution in [0.15, 0.2) is 73.1 Å². The number of ether oxygens (including phenoxy) is 1. The van der Waals surface area contributed by atoms with Crippen molar-refractivity contribution in [1.29, 1.82) is 0 Å². The third-order valence-corrected chi connectivity index (χ3v) is 5.09. The zero-order chi connectivity index (χ0) is 22.7. The van der Waals surface area contributed by atoms with E-state index in [0.29, 0.717) is 27.6 Å². The van der Waals surface area contributed by atoms with Crippen LogP contribution in [-0.4, -0.2) is 40.2 Å². The first-order valence-electron chi connectivity index (χ1n) is 9.89. The third-order valence-electron chi connectivity index (χ3n) is 4.76. The van der Waals surface area contributed by atoms with E-state index in [1.165, 1.54) is 4.90 Å². The van der Waals surface area contributed by atoms with Crippen molar-refractivity contribution in [2.45, 2.75) is 6.61 Å². The molecule has 8 heteroatoms. The molecule has 0 aliphatic heterocycles. The molecule has 0 radical (unpaired) electrons. The van der Waals surface area contributed by atoms with Crippen molar-refractivity contribution >= 4 is 34.7 Å². The number of rotatable bonds is 6. The Kier molecular flexibility index (Phi) is 6.09. The standard InChI is InChI=1S/C24H21ClN4O3/c1-28(2)24(31)20-13-17(9-10-21(20)25)27-23(30)16-6-5-7-19(12-16)32-15-18-14-29-11-4-3-8-22(29)26-18/h3-14H,15H2,1-2H3,(H,27,30). The minimum atomic E-state index is -0.325. The molecule has 0 unspecified atom stereocenters. The summed E-state index contributed by atoms with van der Waals surface area (Å²) in [4.78, 5) is 30.9. The summed E-state index contributed by atoms with van der Waals surface area (Å²) in [7, 11) is 3.28. The van der Waals surface area contributed by atoms with Gasteiger partial charge in [-0.05, 0) is 48.5 Å². The van der Waals surface area contributed by atoms with Crippen molar-refractivity contribution in [2.75, 3.05) is 19.4 Å². The molecule has 0 atom stereocenters. The smallest absolute Gasteiger partial charge is 0.255 e. The summed E-state index contributed by atoms with van der Waals surface area (Å²) in [6.45, 7) is 0.278. The lowest BCUT2D eigenvalue weighted by Gasteiger charge is -2.13. The van der Waals surface area contributed by atoms with Crippen LogP contribution in [-0.2, 0) is 6.61 Å². The molecule has 0 saturated carbocycles. The van der Waals surface area contributed by atoms with Crippen LogP contribution in [0.2, 0.25) is 5.02 Å². The number of fused-ring (bicyclic) bond motifs is 1. The molecule has 0 saturated heterocycles. The number of carbonyl (C=O) groups excluding carboxylic acids is 2. The topological polar surface area (TPSA) is 75.9 Å². The highest BCUT2D eigenvalue weighted by molar-refractivity contribution is 6.34. The molecule has 2 amide bonds. The number of hydrogen-bond donors (Lipinski definition) is 1. The maximum absolute atomic E-state index is 12.7. The van der Waals surface area contributed by atoms with Crippen LogP contribution in [0, 0.1) is 0 Å². The summed E-state index contributed by atoms with van der Waals surface area (Å²) in [5.41, 5.74) is 2.84. The van der Waals surface area contributed by atoms with Crippen molar-refractivity contribution < 1.29 is 14.3 Å². The second-order valence-electron chi connectivity index (χ2n) is 7.36. The summed E-state index contributed by atoms with van der Waals surface area (Å²) in [6.07, 6.45) is 3.82. The Morgan fingerprint density at radius 3 is 2.72 bits per heavy atom. The fourth-order valence-electron chi connectivity index (χ4n) is 3.15. The number of pyridine rings is 1. The second-order valence-corrected chi connectivity index (χ2v) is 7.77. The van der Waals surface area contributed by atoms with E-state index in [-0.39, 0.29) is 18.4 Å². The molecule has 2 aromatic heterocycles. The van der Waals surface area contributed by atoms with E-state index in [0.717, 1.165) is 11.3 Å². The van der Waals surface area contributed by atoms with Crippen molar-refractivity contribution in [2.24, 2.45) is 0 Å². The molecule has 0 aliphatic rings. The van der Waals surface area contributed by atoms with Crippen LogP contribution in [0.4, 0.5) is 5.69 Å². The average molecular weight is 449 g/mol. The van der Waals surface area contributed by atoms with Gasteiger partial charge in [0.05, 0.1) is 16.3 Å². The number of amides is 2. The van der Waals surface area contributed by atoms with Crippen LogP contribution in [0.3, 0.4) is 0 Å². The highest BCUT2D eigenvalue weighted by Gasteiger charge is 2.15. The van der Waals surface area contributed by atoms with Crippen molar-refractivity contribution in [3.8, 4) is 5.75 Å². The Bertz CT molecular complexity index is 1270. The predicted octanol–water partition coefficient (Wildman–Crippen LogP) is 4.52. The molecular formula is C24H21ClN4O3. The second kappa shape index (κ2) is 9.11. The average Bonchev–Trinajstić information content (AvgIpc) is 3.21. The molecule has 2 heterocycles. The van der Waals surface area contributed by atoms with Crippen LogP contribution in [0.1, 0.15) is 26.4 Å². The number of benzene rings is 2. The molecule has 2 aromatic carbocycles. The van der Waals surface area contributed by atoms with Crippen molar-refractivity contribution in [1.82, 2.24) is 14.3 Å². The number of nitrogens with one attached hydrogen (secondary N) is 1. The SMILES string of the molecule is CN(C)C(=O)c1cc(NC(=O)c2cccc(OCc3cn4ccccc4n3)c2)ccc1Cl. The van der Waals surface area contributed by atoms with E-state index in [1.54, 1.807) is 56.6 Å². The highest BCUT2D eigenvalue weighted by atomic mass is 35.5.